The van der Waals surface area contributed by atoms with E-state index in [2.05, 4.69) is 22.4 Å². The van der Waals surface area contributed by atoms with Crippen molar-refractivity contribution in [2.75, 3.05) is 7.11 Å². The summed E-state index contributed by atoms with van der Waals surface area (Å²) >= 11 is 6.10. The smallest absolute Gasteiger partial charge is 0.196 e. The standard InChI is InChI=1S/C15H13NO2S2/c1-9-10(2)20-15(16-8-19)13(9)14(17)11-4-6-12(18-3)7-5-11/h4-7H,1-3H3. The van der Waals surface area contributed by atoms with Gasteiger partial charge in [0.1, 0.15) is 10.8 Å². The molecule has 0 radical (unpaired) electrons. The minimum absolute atomic E-state index is 0.0569. The number of ketones is 1. The van der Waals surface area contributed by atoms with Crippen molar-refractivity contribution in [2.24, 2.45) is 4.99 Å². The van der Waals surface area contributed by atoms with Crippen LogP contribution >= 0.6 is 23.6 Å². The zero-order valence-corrected chi connectivity index (χ0v) is 13.0. The summed E-state index contributed by atoms with van der Waals surface area (Å²) in [5.74, 6) is 0.662. The fourth-order valence-electron chi connectivity index (χ4n) is 1.88. The molecule has 0 saturated heterocycles. The van der Waals surface area contributed by atoms with Crippen molar-refractivity contribution in [1.82, 2.24) is 0 Å². The summed E-state index contributed by atoms with van der Waals surface area (Å²) in [5, 5.41) is 2.96. The van der Waals surface area contributed by atoms with Crippen LogP contribution in [-0.4, -0.2) is 18.1 Å². The maximum Gasteiger partial charge on any atom is 0.196 e. The molecule has 2 rings (SSSR count). The first-order chi connectivity index (χ1) is 9.58. The number of ether oxygens (including phenoxy) is 1. The molecule has 102 valence electrons. The van der Waals surface area contributed by atoms with Gasteiger partial charge in [0.2, 0.25) is 0 Å². The van der Waals surface area contributed by atoms with Crippen LogP contribution in [0.15, 0.2) is 29.3 Å². The highest BCUT2D eigenvalue weighted by Gasteiger charge is 2.20. The topological polar surface area (TPSA) is 38.7 Å². The number of thiocarbonyl (C=S) groups is 1. The van der Waals surface area contributed by atoms with Crippen LogP contribution in [-0.2, 0) is 0 Å². The lowest BCUT2D eigenvalue weighted by atomic mass is 10.0. The highest BCUT2D eigenvalue weighted by atomic mass is 32.1. The minimum atomic E-state index is -0.0569. The second-order valence-corrected chi connectivity index (χ2v) is 5.61. The highest BCUT2D eigenvalue weighted by Crippen LogP contribution is 2.36. The minimum Gasteiger partial charge on any atom is -0.497 e. The molecule has 0 amide bonds. The molecule has 20 heavy (non-hydrogen) atoms. The Hall–Kier alpha value is -1.81. The predicted molar refractivity (Wildman–Crippen MR) is 84.9 cm³/mol. The van der Waals surface area contributed by atoms with Gasteiger partial charge in [-0.3, -0.25) is 4.79 Å². The number of nitrogens with zero attached hydrogens (tertiary/aromatic N) is 1. The number of rotatable bonds is 4. The van der Waals surface area contributed by atoms with Gasteiger partial charge in [-0.2, -0.15) is 4.99 Å². The Labute approximate surface area is 126 Å². The fraction of sp³-hybridized carbons (Fsp3) is 0.200. The fourth-order valence-corrected chi connectivity index (χ4v) is 3.02. The third kappa shape index (κ3) is 2.70. The first-order valence-electron chi connectivity index (χ1n) is 5.95. The number of thiophene rings is 1. The molecule has 0 aliphatic carbocycles. The van der Waals surface area contributed by atoms with Crippen LogP contribution in [0.1, 0.15) is 26.4 Å². The van der Waals surface area contributed by atoms with Crippen LogP contribution in [0.25, 0.3) is 0 Å². The molecule has 0 unspecified atom stereocenters. The molecule has 0 N–H and O–H groups in total. The van der Waals surface area contributed by atoms with Gasteiger partial charge in [0.25, 0.3) is 0 Å². The van der Waals surface area contributed by atoms with Gasteiger partial charge in [-0.25, -0.2) is 0 Å². The predicted octanol–water partition coefficient (Wildman–Crippen LogP) is 4.34. The maximum absolute atomic E-state index is 12.6. The summed E-state index contributed by atoms with van der Waals surface area (Å²) in [6.45, 7) is 3.89. The summed E-state index contributed by atoms with van der Waals surface area (Å²) in [7, 11) is 1.59. The molecule has 3 nitrogen and oxygen atoms in total. The zero-order valence-electron chi connectivity index (χ0n) is 11.4. The monoisotopic (exact) mass is 303 g/mol. The number of aryl methyl sites for hydroxylation is 1. The van der Waals surface area contributed by atoms with Crippen LogP contribution in [0.2, 0.25) is 0 Å². The number of methoxy groups -OCH3 is 1. The van der Waals surface area contributed by atoms with Crippen molar-refractivity contribution >= 4 is 39.5 Å². The molecule has 1 heterocycles. The average molecular weight is 303 g/mol. The molecule has 2 aromatic rings. The van der Waals surface area contributed by atoms with E-state index in [1.807, 2.05) is 13.8 Å². The summed E-state index contributed by atoms with van der Waals surface area (Å²) < 4.78 is 5.09. The van der Waals surface area contributed by atoms with E-state index < -0.39 is 0 Å². The number of isothiocyanates is 1. The number of benzene rings is 1. The van der Waals surface area contributed by atoms with E-state index in [-0.39, 0.29) is 5.78 Å². The molecule has 1 aromatic heterocycles. The van der Waals surface area contributed by atoms with Crippen molar-refractivity contribution in [1.29, 1.82) is 0 Å². The lowest BCUT2D eigenvalue weighted by Gasteiger charge is -2.04. The Morgan fingerprint density at radius 3 is 2.50 bits per heavy atom. The van der Waals surface area contributed by atoms with Gasteiger partial charge < -0.3 is 4.74 Å². The van der Waals surface area contributed by atoms with E-state index in [4.69, 9.17) is 4.74 Å². The van der Waals surface area contributed by atoms with E-state index in [1.165, 1.54) is 11.3 Å². The third-order valence-electron chi connectivity index (χ3n) is 3.09. The van der Waals surface area contributed by atoms with E-state index in [0.29, 0.717) is 16.1 Å². The van der Waals surface area contributed by atoms with Gasteiger partial charge in [0, 0.05) is 10.4 Å². The van der Waals surface area contributed by atoms with Crippen LogP contribution in [0.3, 0.4) is 0 Å². The van der Waals surface area contributed by atoms with Gasteiger partial charge in [-0.1, -0.05) is 0 Å². The Bertz CT molecular complexity index is 695. The van der Waals surface area contributed by atoms with Gasteiger partial charge in [-0.15, -0.1) is 11.3 Å². The Morgan fingerprint density at radius 2 is 1.95 bits per heavy atom. The van der Waals surface area contributed by atoms with Crippen molar-refractivity contribution in [3.8, 4) is 5.75 Å². The van der Waals surface area contributed by atoms with Crippen LogP contribution in [0, 0.1) is 13.8 Å². The zero-order chi connectivity index (χ0) is 14.7. The van der Waals surface area contributed by atoms with E-state index >= 15 is 0 Å². The molecule has 0 aliphatic rings. The first-order valence-corrected chi connectivity index (χ1v) is 7.17. The summed E-state index contributed by atoms with van der Waals surface area (Å²) in [5.41, 5.74) is 2.15. The molecule has 0 bridgehead atoms. The van der Waals surface area contributed by atoms with Crippen molar-refractivity contribution in [3.63, 3.8) is 0 Å². The number of hydrogen-bond donors (Lipinski definition) is 0. The van der Waals surface area contributed by atoms with Gasteiger partial charge in [0.15, 0.2) is 5.78 Å². The summed E-state index contributed by atoms with van der Waals surface area (Å²) in [6.07, 6.45) is 0. The molecule has 0 spiro atoms. The Balaban J connectivity index is 2.49. The summed E-state index contributed by atoms with van der Waals surface area (Å²) in [6, 6.07) is 7.03. The van der Waals surface area contributed by atoms with E-state index in [9.17, 15) is 4.79 Å². The third-order valence-corrected chi connectivity index (χ3v) is 4.29. The van der Waals surface area contributed by atoms with Crippen molar-refractivity contribution in [3.05, 3.63) is 45.8 Å². The molecule has 0 aliphatic heterocycles. The Kier molecular flexibility index (Phi) is 4.45. The largest absolute Gasteiger partial charge is 0.497 e. The van der Waals surface area contributed by atoms with E-state index in [1.54, 1.807) is 31.4 Å². The van der Waals surface area contributed by atoms with Crippen molar-refractivity contribution in [2.45, 2.75) is 13.8 Å². The number of aliphatic imine (C=N–C) groups is 1. The van der Waals surface area contributed by atoms with Crippen LogP contribution in [0.4, 0.5) is 5.00 Å². The normalized spacial score (nSPS) is 9.95. The lowest BCUT2D eigenvalue weighted by molar-refractivity contribution is 0.103. The maximum atomic E-state index is 12.6. The molecule has 0 fully saturated rings. The SMILES string of the molecule is COc1ccc(C(=O)c2c(N=C=S)sc(C)c2C)cc1. The van der Waals surface area contributed by atoms with Crippen LogP contribution in [0.5, 0.6) is 5.75 Å². The lowest BCUT2D eigenvalue weighted by Crippen LogP contribution is -2.02. The van der Waals surface area contributed by atoms with Crippen molar-refractivity contribution < 1.29 is 9.53 Å². The van der Waals surface area contributed by atoms with Gasteiger partial charge in [0.05, 0.1) is 17.8 Å². The molecule has 0 atom stereocenters. The number of carbonyl (C=O) groups is 1. The van der Waals surface area contributed by atoms with Crippen LogP contribution < -0.4 is 4.74 Å². The molecular formula is C15H13NO2S2. The second kappa shape index (κ2) is 6.09. The number of carbonyl (C=O) groups excluding carboxylic acids is 1. The van der Waals surface area contributed by atoms with Gasteiger partial charge in [-0.05, 0) is 55.9 Å². The molecule has 1 aromatic carbocycles. The number of hydrogen-bond acceptors (Lipinski definition) is 5. The quantitative estimate of drug-likeness (QED) is 0.479. The highest BCUT2D eigenvalue weighted by molar-refractivity contribution is 7.78. The Morgan fingerprint density at radius 1 is 1.30 bits per heavy atom. The second-order valence-electron chi connectivity index (χ2n) is 4.22. The van der Waals surface area contributed by atoms with Gasteiger partial charge >= 0.3 is 0 Å². The van der Waals surface area contributed by atoms with E-state index in [0.717, 1.165) is 16.2 Å². The molecule has 0 saturated carbocycles. The first kappa shape index (κ1) is 14.6. The average Bonchev–Trinajstić information content (AvgIpc) is 2.74. The summed E-state index contributed by atoms with van der Waals surface area (Å²) in [4.78, 5) is 17.7. The molecular weight excluding hydrogens is 290 g/mol. The molecule has 5 heteroatoms.